The summed E-state index contributed by atoms with van der Waals surface area (Å²) in [5.74, 6) is -0.287. The second-order valence-electron chi connectivity index (χ2n) is 9.61. The van der Waals surface area contributed by atoms with Gasteiger partial charge in [-0.05, 0) is 24.8 Å². The molecule has 1 aromatic rings. The number of carbonyl (C=O) groups excluding carboxylic acids is 1. The molecule has 1 aromatic heterocycles. The Morgan fingerprint density at radius 1 is 0.844 bits per heavy atom. The lowest BCUT2D eigenvalue weighted by Crippen LogP contribution is -2.19. The van der Waals surface area contributed by atoms with Gasteiger partial charge in [-0.1, -0.05) is 85.0 Å². The molecule has 0 saturated carbocycles. The van der Waals surface area contributed by atoms with Crippen LogP contribution < -0.4 is 0 Å². The van der Waals surface area contributed by atoms with Crippen LogP contribution in [0.2, 0.25) is 0 Å². The van der Waals surface area contributed by atoms with E-state index in [-0.39, 0.29) is 18.0 Å². The fourth-order valence-corrected chi connectivity index (χ4v) is 3.97. The number of aromatic nitrogens is 1. The minimum Gasteiger partial charge on any atom is -0.460 e. The number of esters is 1. The Labute approximate surface area is 197 Å². The van der Waals surface area contributed by atoms with Crippen molar-refractivity contribution in [1.29, 1.82) is 0 Å². The molecule has 0 radical (unpaired) electrons. The van der Waals surface area contributed by atoms with E-state index in [1.165, 1.54) is 70.6 Å². The Morgan fingerprint density at radius 3 is 2.09 bits per heavy atom. The first-order valence-corrected chi connectivity index (χ1v) is 13.0. The molecular formula is C27H49NO4. The lowest BCUT2D eigenvalue weighted by atomic mass is 9.86. The highest BCUT2D eigenvalue weighted by atomic mass is 16.6. The standard InChI is InChI=1S/C27H49NO4/c1-5-7-8-9-10-11-12-13-14-15-17-27(3,4)24-28-18-16-25(23-28)26(29)32-22-21-31-20-19-30-6-2/h16,18,23H,5-15,17,19-22,24H2,1-4H3. The van der Waals surface area contributed by atoms with Crippen molar-refractivity contribution in [1.82, 2.24) is 4.57 Å². The first kappa shape index (κ1) is 28.7. The van der Waals surface area contributed by atoms with Crippen molar-refractivity contribution in [3.63, 3.8) is 0 Å². The maximum Gasteiger partial charge on any atom is 0.339 e. The lowest BCUT2D eigenvalue weighted by molar-refractivity contribution is 0.0164. The molecule has 0 bridgehead atoms. The number of carbonyl (C=O) groups is 1. The zero-order valence-electron chi connectivity index (χ0n) is 21.3. The van der Waals surface area contributed by atoms with E-state index in [1.54, 1.807) is 0 Å². The summed E-state index contributed by atoms with van der Waals surface area (Å²) < 4.78 is 18.0. The molecule has 0 amide bonds. The van der Waals surface area contributed by atoms with E-state index in [1.807, 2.05) is 25.4 Å². The summed E-state index contributed by atoms with van der Waals surface area (Å²) in [5, 5.41) is 0. The van der Waals surface area contributed by atoms with Gasteiger partial charge in [-0.15, -0.1) is 0 Å². The van der Waals surface area contributed by atoms with Crippen molar-refractivity contribution in [3.8, 4) is 0 Å². The summed E-state index contributed by atoms with van der Waals surface area (Å²) in [4.78, 5) is 12.2. The maximum atomic E-state index is 12.2. The van der Waals surface area contributed by atoms with Crippen LogP contribution in [0.5, 0.6) is 0 Å². The predicted molar refractivity (Wildman–Crippen MR) is 132 cm³/mol. The summed E-state index contributed by atoms with van der Waals surface area (Å²) in [7, 11) is 0. The summed E-state index contributed by atoms with van der Waals surface area (Å²) in [6.07, 6.45) is 18.8. The molecule has 1 heterocycles. The molecule has 0 fully saturated rings. The van der Waals surface area contributed by atoms with Gasteiger partial charge in [0.25, 0.3) is 0 Å². The van der Waals surface area contributed by atoms with Crippen molar-refractivity contribution in [2.45, 2.75) is 105 Å². The van der Waals surface area contributed by atoms with Gasteiger partial charge in [0.1, 0.15) is 6.61 Å². The summed E-state index contributed by atoms with van der Waals surface area (Å²) >= 11 is 0. The van der Waals surface area contributed by atoms with E-state index in [0.717, 1.165) is 6.54 Å². The molecule has 0 aliphatic rings. The van der Waals surface area contributed by atoms with Gasteiger partial charge in [0.2, 0.25) is 0 Å². The van der Waals surface area contributed by atoms with E-state index in [0.29, 0.717) is 32.0 Å². The number of unbranched alkanes of at least 4 members (excludes halogenated alkanes) is 9. The highest BCUT2D eigenvalue weighted by Gasteiger charge is 2.19. The molecular weight excluding hydrogens is 402 g/mol. The van der Waals surface area contributed by atoms with Crippen LogP contribution in [-0.2, 0) is 20.8 Å². The van der Waals surface area contributed by atoms with Crippen LogP contribution in [0.15, 0.2) is 18.5 Å². The smallest absolute Gasteiger partial charge is 0.339 e. The van der Waals surface area contributed by atoms with Crippen molar-refractivity contribution in [2.24, 2.45) is 5.41 Å². The van der Waals surface area contributed by atoms with Crippen molar-refractivity contribution in [3.05, 3.63) is 24.0 Å². The highest BCUT2D eigenvalue weighted by molar-refractivity contribution is 5.89. The number of ether oxygens (including phenoxy) is 3. The SMILES string of the molecule is CCCCCCCCCCCCC(C)(C)Cn1ccc(C(=O)OCCOCCOCC)c1. The fourth-order valence-electron chi connectivity index (χ4n) is 3.97. The summed E-state index contributed by atoms with van der Waals surface area (Å²) in [6, 6.07) is 1.84. The minimum absolute atomic E-state index is 0.217. The molecule has 0 atom stereocenters. The molecule has 0 N–H and O–H groups in total. The Bertz CT molecular complexity index is 582. The molecule has 0 aromatic carbocycles. The van der Waals surface area contributed by atoms with Gasteiger partial charge in [0.05, 0.1) is 25.4 Å². The van der Waals surface area contributed by atoms with E-state index in [2.05, 4.69) is 25.3 Å². The first-order valence-electron chi connectivity index (χ1n) is 13.0. The number of hydrogen-bond acceptors (Lipinski definition) is 4. The number of hydrogen-bond donors (Lipinski definition) is 0. The fraction of sp³-hybridized carbons (Fsp3) is 0.815. The Balaban J connectivity index is 2.15. The number of nitrogens with zero attached hydrogens (tertiary/aromatic N) is 1. The lowest BCUT2D eigenvalue weighted by Gasteiger charge is -2.25. The second-order valence-corrected chi connectivity index (χ2v) is 9.61. The molecule has 0 aliphatic carbocycles. The van der Waals surface area contributed by atoms with Gasteiger partial charge in [0, 0.05) is 25.5 Å². The normalized spacial score (nSPS) is 11.8. The topological polar surface area (TPSA) is 49.7 Å². The number of rotatable bonds is 21. The van der Waals surface area contributed by atoms with Crippen LogP contribution in [-0.4, -0.2) is 43.6 Å². The minimum atomic E-state index is -0.287. The van der Waals surface area contributed by atoms with E-state index in [4.69, 9.17) is 14.2 Å². The zero-order chi connectivity index (χ0) is 23.5. The highest BCUT2D eigenvalue weighted by Crippen LogP contribution is 2.27. The largest absolute Gasteiger partial charge is 0.460 e. The van der Waals surface area contributed by atoms with Crippen LogP contribution in [0.4, 0.5) is 0 Å². The quantitative estimate of drug-likeness (QED) is 0.149. The third-order valence-electron chi connectivity index (χ3n) is 5.84. The molecule has 0 unspecified atom stereocenters. The molecule has 0 spiro atoms. The first-order chi connectivity index (χ1) is 15.5. The summed E-state index contributed by atoms with van der Waals surface area (Å²) in [6.45, 7) is 12.2. The molecule has 5 nitrogen and oxygen atoms in total. The molecule has 0 aliphatic heterocycles. The summed E-state index contributed by atoms with van der Waals surface area (Å²) in [5.41, 5.74) is 0.823. The van der Waals surface area contributed by atoms with Crippen LogP contribution in [0.25, 0.3) is 0 Å². The van der Waals surface area contributed by atoms with Crippen LogP contribution >= 0.6 is 0 Å². The van der Waals surface area contributed by atoms with Gasteiger partial charge >= 0.3 is 5.97 Å². The molecule has 186 valence electrons. The van der Waals surface area contributed by atoms with Crippen LogP contribution in [0, 0.1) is 5.41 Å². The Morgan fingerprint density at radius 2 is 1.44 bits per heavy atom. The third kappa shape index (κ3) is 14.7. The van der Waals surface area contributed by atoms with Crippen molar-refractivity contribution >= 4 is 5.97 Å². The van der Waals surface area contributed by atoms with Crippen LogP contribution in [0.1, 0.15) is 109 Å². The van der Waals surface area contributed by atoms with E-state index < -0.39 is 0 Å². The average Bonchev–Trinajstić information content (AvgIpc) is 3.22. The van der Waals surface area contributed by atoms with Gasteiger partial charge in [-0.25, -0.2) is 4.79 Å². The predicted octanol–water partition coefficient (Wildman–Crippen LogP) is 7.04. The Kier molecular flexibility index (Phi) is 16.3. The van der Waals surface area contributed by atoms with E-state index in [9.17, 15) is 4.79 Å². The molecule has 1 rings (SSSR count). The van der Waals surface area contributed by atoms with Gasteiger partial charge in [0.15, 0.2) is 0 Å². The van der Waals surface area contributed by atoms with Gasteiger partial charge in [-0.3, -0.25) is 0 Å². The molecule has 0 saturated heterocycles. The monoisotopic (exact) mass is 451 g/mol. The van der Waals surface area contributed by atoms with Crippen molar-refractivity contribution < 1.29 is 19.0 Å². The zero-order valence-corrected chi connectivity index (χ0v) is 21.3. The third-order valence-corrected chi connectivity index (χ3v) is 5.84. The maximum absolute atomic E-state index is 12.2. The molecule has 32 heavy (non-hydrogen) atoms. The van der Waals surface area contributed by atoms with E-state index >= 15 is 0 Å². The average molecular weight is 452 g/mol. The van der Waals surface area contributed by atoms with Gasteiger partial charge < -0.3 is 18.8 Å². The second kappa shape index (κ2) is 18.1. The Hall–Kier alpha value is -1.33. The van der Waals surface area contributed by atoms with Crippen molar-refractivity contribution in [2.75, 3.05) is 33.0 Å². The van der Waals surface area contributed by atoms with Gasteiger partial charge in [-0.2, -0.15) is 0 Å². The molecule has 5 heteroatoms. The van der Waals surface area contributed by atoms with Crippen LogP contribution in [0.3, 0.4) is 0 Å².